The van der Waals surface area contributed by atoms with Gasteiger partial charge in [-0.15, -0.1) is 0 Å². The minimum Gasteiger partial charge on any atom is -0.457 e. The molecule has 2 aromatic heterocycles. The first-order valence-electron chi connectivity index (χ1n) is 13.0. The van der Waals surface area contributed by atoms with Crippen LogP contribution in [0.5, 0.6) is 11.5 Å². The van der Waals surface area contributed by atoms with E-state index in [1.165, 1.54) is 17.8 Å². The maximum Gasteiger partial charge on any atom is 0.430 e. The van der Waals surface area contributed by atoms with Crippen molar-refractivity contribution in [3.63, 3.8) is 0 Å². The van der Waals surface area contributed by atoms with Gasteiger partial charge in [-0.2, -0.15) is 0 Å². The largest absolute Gasteiger partial charge is 0.457 e. The van der Waals surface area contributed by atoms with Crippen molar-refractivity contribution in [2.24, 2.45) is 0 Å². The number of para-hydroxylation sites is 1. The Morgan fingerprint density at radius 1 is 1.05 bits per heavy atom. The van der Waals surface area contributed by atoms with E-state index in [0.29, 0.717) is 16.3 Å². The molecule has 2 unspecified atom stereocenters. The number of ether oxygens (including phenoxy) is 1. The number of benzene rings is 2. The molecule has 1 fully saturated rings. The lowest BCUT2D eigenvalue weighted by Gasteiger charge is -2.31. The third kappa shape index (κ3) is 4.42. The molecule has 194 valence electrons. The molecule has 3 heterocycles. The Bertz CT molecular complexity index is 1520. The molecule has 0 radical (unpaired) electrons. The van der Waals surface area contributed by atoms with E-state index in [1.54, 1.807) is 10.2 Å². The van der Waals surface area contributed by atoms with E-state index in [9.17, 15) is 9.59 Å². The minimum absolute atomic E-state index is 0.0807. The molecule has 9 heteroatoms. The van der Waals surface area contributed by atoms with Gasteiger partial charge in [-0.1, -0.05) is 42.4 Å². The number of amides is 3. The molecule has 38 heavy (non-hydrogen) atoms. The number of nitrogens with zero attached hydrogens (tertiary/aromatic N) is 1. The number of rotatable bonds is 6. The number of hydrogen-bond donors (Lipinski definition) is 3. The topological polar surface area (TPSA) is 101 Å². The first-order chi connectivity index (χ1) is 18.5. The normalized spacial score (nSPS) is 19.0. The van der Waals surface area contributed by atoms with Crippen molar-refractivity contribution in [2.45, 2.75) is 44.7 Å². The van der Waals surface area contributed by atoms with Crippen LogP contribution in [-0.2, 0) is 0 Å². The zero-order valence-electron chi connectivity index (χ0n) is 21.4. The van der Waals surface area contributed by atoms with Crippen molar-refractivity contribution in [3.05, 3.63) is 71.2 Å². The fourth-order valence-electron chi connectivity index (χ4n) is 5.58. The molecule has 1 saturated carbocycles. The number of aromatic nitrogens is 1. The fourth-order valence-corrected chi connectivity index (χ4v) is 6.65. The van der Waals surface area contributed by atoms with Crippen LogP contribution in [0.15, 0.2) is 60.8 Å². The van der Waals surface area contributed by atoms with E-state index in [-0.39, 0.29) is 24.0 Å². The van der Waals surface area contributed by atoms with Crippen LogP contribution in [0.4, 0.5) is 21.9 Å². The quantitative estimate of drug-likeness (QED) is 0.341. The van der Waals surface area contributed by atoms with Gasteiger partial charge in [-0.05, 0) is 62.7 Å². The highest BCUT2D eigenvalue weighted by molar-refractivity contribution is 7.20. The molecule has 0 spiro atoms. The van der Waals surface area contributed by atoms with Crippen molar-refractivity contribution in [3.8, 4) is 11.5 Å². The second-order valence-electron chi connectivity index (χ2n) is 9.85. The first kappa shape index (κ1) is 24.5. The van der Waals surface area contributed by atoms with Crippen LogP contribution >= 0.6 is 11.3 Å². The summed E-state index contributed by atoms with van der Waals surface area (Å²) in [6.07, 6.45) is 6.10. The predicted octanol–water partition coefficient (Wildman–Crippen LogP) is 4.54. The number of quaternary nitrogens is 1. The van der Waals surface area contributed by atoms with Gasteiger partial charge < -0.3 is 15.4 Å². The van der Waals surface area contributed by atoms with Crippen LogP contribution in [0.25, 0.3) is 10.2 Å². The highest BCUT2D eigenvalue weighted by atomic mass is 32.1. The number of nitrogens with one attached hydrogen (secondary N) is 3. The van der Waals surface area contributed by atoms with Crippen molar-refractivity contribution < 1.29 is 24.6 Å². The van der Waals surface area contributed by atoms with E-state index < -0.39 is 0 Å². The van der Waals surface area contributed by atoms with Crippen molar-refractivity contribution in [1.82, 2.24) is 10.6 Å². The van der Waals surface area contributed by atoms with Gasteiger partial charge in [0.2, 0.25) is 0 Å². The summed E-state index contributed by atoms with van der Waals surface area (Å²) < 4.78 is 5.99. The van der Waals surface area contributed by atoms with E-state index >= 15 is 0 Å². The van der Waals surface area contributed by atoms with E-state index in [0.717, 1.165) is 52.2 Å². The van der Waals surface area contributed by atoms with Gasteiger partial charge in [0.1, 0.15) is 16.9 Å². The molecule has 3 amide bonds. The molecular weight excluding hydrogens is 498 g/mol. The lowest BCUT2D eigenvalue weighted by Crippen LogP contribution is -2.86. The number of thiophene rings is 1. The summed E-state index contributed by atoms with van der Waals surface area (Å²) in [6.45, 7) is 1.97. The summed E-state index contributed by atoms with van der Waals surface area (Å²) in [7, 11) is 1.95. The number of primary amides is 1. The fraction of sp³-hybridized carbons (Fsp3) is 0.276. The average Bonchev–Trinajstić information content (AvgIpc) is 3.30. The molecule has 0 saturated heterocycles. The minimum atomic E-state index is -0.178. The molecule has 0 bridgehead atoms. The number of nitrogens with two attached hydrogens (primary N) is 1. The molecule has 2 aromatic carbocycles. The maximum absolute atomic E-state index is 13.6. The summed E-state index contributed by atoms with van der Waals surface area (Å²) in [5.74, 6) is 1.34. The molecule has 1 aliphatic carbocycles. The van der Waals surface area contributed by atoms with Gasteiger partial charge in [0, 0.05) is 18.2 Å². The molecule has 2 aliphatic rings. The van der Waals surface area contributed by atoms with Gasteiger partial charge in [0.05, 0.1) is 11.4 Å². The number of hydrogen-bond acceptors (Lipinski definition) is 5. The number of aryl methyl sites for hydroxylation is 1. The van der Waals surface area contributed by atoms with Crippen LogP contribution in [0, 0.1) is 6.92 Å². The Hall–Kier alpha value is -3.79. The van der Waals surface area contributed by atoms with Crippen molar-refractivity contribution in [2.75, 3.05) is 11.9 Å². The Morgan fingerprint density at radius 3 is 2.61 bits per heavy atom. The summed E-state index contributed by atoms with van der Waals surface area (Å²) in [5.41, 5.74) is 3.14. The predicted molar refractivity (Wildman–Crippen MR) is 148 cm³/mol. The maximum atomic E-state index is 13.6. The number of likely N-dealkylation sites (N-methyl/N-ethyl adjacent to an activating group) is 1. The Balaban J connectivity index is 1.33. The summed E-state index contributed by atoms with van der Waals surface area (Å²) in [6, 6.07) is 17.4. The molecule has 6 rings (SSSR count). The number of pyridine rings is 1. The van der Waals surface area contributed by atoms with Crippen LogP contribution in [0.3, 0.4) is 0 Å². The Labute approximate surface area is 225 Å². The molecular formula is C29H31N5O3S+2. The van der Waals surface area contributed by atoms with Crippen molar-refractivity contribution >= 4 is 50.6 Å². The third-order valence-corrected chi connectivity index (χ3v) is 8.57. The molecule has 4 aromatic rings. The second-order valence-corrected chi connectivity index (χ2v) is 10.9. The number of carbonyl (C=O) groups is 2. The monoisotopic (exact) mass is 529 g/mol. The van der Waals surface area contributed by atoms with Gasteiger partial charge in [0.25, 0.3) is 10.7 Å². The van der Waals surface area contributed by atoms with Crippen LogP contribution in [0.1, 0.15) is 40.9 Å². The van der Waals surface area contributed by atoms with Crippen LogP contribution in [-0.4, -0.2) is 31.1 Å². The smallest absolute Gasteiger partial charge is 0.430 e. The van der Waals surface area contributed by atoms with E-state index in [2.05, 4.69) is 15.6 Å². The standard InChI is InChI=1S/C29H29N5O3S/c1-17-16-19(37-18-8-4-3-5-9-18)12-13-22(17)34-23-14-15-31-28-24(23)25(33-29(34)36)26(38-28)27(35)32-21-11-7-6-10-20(21)30-2/h3-5,8-9,12-16,20-21,30H,6-7,10-11H2,1-2H3,(H,32,35)(H,33,36)/p+2. The lowest BCUT2D eigenvalue weighted by molar-refractivity contribution is -0.460. The molecule has 2 atom stereocenters. The number of urea groups is 1. The summed E-state index contributed by atoms with van der Waals surface area (Å²) >= 11 is 1.40. The number of anilines is 2. The van der Waals surface area contributed by atoms with E-state index in [1.807, 2.05) is 74.8 Å². The highest BCUT2D eigenvalue weighted by Crippen LogP contribution is 2.42. The van der Waals surface area contributed by atoms with Gasteiger partial charge in [-0.25, -0.2) is 20.0 Å². The van der Waals surface area contributed by atoms with Gasteiger partial charge in [0.15, 0.2) is 16.8 Å². The second kappa shape index (κ2) is 10.2. The van der Waals surface area contributed by atoms with Crippen LogP contribution < -0.4 is 30.6 Å². The first-order valence-corrected chi connectivity index (χ1v) is 13.8. The van der Waals surface area contributed by atoms with Crippen LogP contribution in [0.2, 0.25) is 0 Å². The van der Waals surface area contributed by atoms with Gasteiger partial charge >= 0.3 is 6.03 Å². The number of H-pyrrole nitrogens is 1. The summed E-state index contributed by atoms with van der Waals surface area (Å²) in [4.78, 5) is 33.5. The van der Waals surface area contributed by atoms with Gasteiger partial charge in [-0.3, -0.25) is 4.79 Å². The molecule has 8 nitrogen and oxygen atoms in total. The number of carbonyl (C=O) groups excluding carboxylic acids is 2. The zero-order chi connectivity index (χ0) is 26.2. The van der Waals surface area contributed by atoms with E-state index in [4.69, 9.17) is 4.74 Å². The molecule has 1 aliphatic heterocycles. The molecule has 5 N–H and O–H groups in total. The summed E-state index contributed by atoms with van der Waals surface area (Å²) in [5, 5.41) is 9.07. The Kier molecular flexibility index (Phi) is 6.57. The average molecular weight is 530 g/mol. The Morgan fingerprint density at radius 2 is 1.84 bits per heavy atom. The SMILES string of the molecule is CNC1CCCCC1NC(=O)c1sc2[nH+]ccc3c2c1[NH2+]C(=O)N3c1ccc(Oc2ccccc2)cc1C. The lowest BCUT2D eigenvalue weighted by atomic mass is 9.90. The zero-order valence-corrected chi connectivity index (χ0v) is 22.2. The highest BCUT2D eigenvalue weighted by Gasteiger charge is 2.40. The number of aromatic amines is 1. The third-order valence-electron chi connectivity index (χ3n) is 7.43. The van der Waals surface area contributed by atoms with Crippen molar-refractivity contribution in [1.29, 1.82) is 0 Å².